The van der Waals surface area contributed by atoms with E-state index in [0.29, 0.717) is 25.0 Å². The molecule has 0 aliphatic rings. The number of hydrogen-bond donors (Lipinski definition) is 1. The van der Waals surface area contributed by atoms with Gasteiger partial charge in [0.25, 0.3) is 0 Å². The van der Waals surface area contributed by atoms with Gasteiger partial charge in [-0.2, -0.15) is 0 Å². The molecule has 2 aromatic rings. The van der Waals surface area contributed by atoms with E-state index in [4.69, 9.17) is 4.74 Å². The molecule has 1 aromatic heterocycles. The summed E-state index contributed by atoms with van der Waals surface area (Å²) < 4.78 is 7.65. The van der Waals surface area contributed by atoms with Crippen LogP contribution in [0.4, 0.5) is 0 Å². The average Bonchev–Trinajstić information content (AvgIpc) is 2.64. The molecule has 3 nitrogen and oxygen atoms in total. The topological polar surface area (TPSA) is 34.4 Å². The number of rotatable bonds is 4. The van der Waals surface area contributed by atoms with E-state index in [2.05, 4.69) is 24.6 Å². The van der Waals surface area contributed by atoms with E-state index in [0.717, 1.165) is 10.9 Å². The molecule has 2 rings (SSSR count). The van der Waals surface area contributed by atoms with Crippen molar-refractivity contribution < 1.29 is 9.84 Å². The smallest absolute Gasteiger partial charge is 0.117 e. The molecule has 0 saturated heterocycles. The molecule has 1 aromatic carbocycles. The molecule has 0 aliphatic carbocycles. The predicted octanol–water partition coefficient (Wildman–Crippen LogP) is 3.46. The van der Waals surface area contributed by atoms with Gasteiger partial charge in [0.1, 0.15) is 5.75 Å². The van der Waals surface area contributed by atoms with E-state index in [9.17, 15) is 5.11 Å². The lowest BCUT2D eigenvalue weighted by atomic mass is 10.2. The number of aromatic nitrogens is 1. The van der Waals surface area contributed by atoms with E-state index < -0.39 is 0 Å². The van der Waals surface area contributed by atoms with Crippen molar-refractivity contribution in [2.45, 2.75) is 33.4 Å². The Hall–Kier alpha value is -1.48. The third-order valence-electron chi connectivity index (χ3n) is 2.92. The van der Waals surface area contributed by atoms with Crippen molar-refractivity contribution in [2.24, 2.45) is 0 Å². The maximum atomic E-state index is 9.58. The molecule has 92 valence electrons. The van der Waals surface area contributed by atoms with Gasteiger partial charge in [-0.25, -0.2) is 0 Å². The number of hydrogen-bond acceptors (Lipinski definition) is 2. The summed E-state index contributed by atoms with van der Waals surface area (Å²) in [6.07, 6.45) is 2.12. The number of benzene rings is 1. The molecule has 1 heterocycles. The van der Waals surface area contributed by atoms with Gasteiger partial charge in [-0.3, -0.25) is 0 Å². The first-order valence-corrected chi connectivity index (χ1v) is 6.03. The Morgan fingerprint density at radius 1 is 1.35 bits per heavy atom. The number of phenols is 1. The molecular weight excluding hydrogens is 214 g/mol. The van der Waals surface area contributed by atoms with Crippen LogP contribution in [0, 0.1) is 0 Å². The first-order chi connectivity index (χ1) is 8.13. The molecule has 3 heteroatoms. The third-order valence-corrected chi connectivity index (χ3v) is 2.92. The number of fused-ring (bicyclic) bond motifs is 1. The van der Waals surface area contributed by atoms with E-state index in [-0.39, 0.29) is 0 Å². The SMILES string of the molecule is CCOCc1cn(C(C)C)c2cc(O)ccc12. The standard InChI is InChI=1S/C14H19NO2/c1-4-17-9-11-8-15(10(2)3)14-7-12(16)5-6-13(11)14/h5-8,10,16H,4,9H2,1-3H3. The van der Waals surface area contributed by atoms with Crippen LogP contribution in [0.15, 0.2) is 24.4 Å². The van der Waals surface area contributed by atoms with Gasteiger partial charge in [0, 0.05) is 35.9 Å². The zero-order valence-corrected chi connectivity index (χ0v) is 10.6. The molecule has 1 N–H and O–H groups in total. The summed E-state index contributed by atoms with van der Waals surface area (Å²) in [5.41, 5.74) is 2.24. The van der Waals surface area contributed by atoms with Crippen LogP contribution in [0.1, 0.15) is 32.4 Å². The summed E-state index contributed by atoms with van der Waals surface area (Å²) in [5, 5.41) is 10.7. The van der Waals surface area contributed by atoms with E-state index in [1.807, 2.05) is 19.1 Å². The highest BCUT2D eigenvalue weighted by Gasteiger charge is 2.11. The Morgan fingerprint density at radius 3 is 2.76 bits per heavy atom. The summed E-state index contributed by atoms with van der Waals surface area (Å²) >= 11 is 0. The van der Waals surface area contributed by atoms with Crippen molar-refractivity contribution in [3.8, 4) is 5.75 Å². The van der Waals surface area contributed by atoms with Crippen LogP contribution in [-0.2, 0) is 11.3 Å². The van der Waals surface area contributed by atoms with Gasteiger partial charge in [0.2, 0.25) is 0 Å². The van der Waals surface area contributed by atoms with Crippen LogP contribution in [0.2, 0.25) is 0 Å². The van der Waals surface area contributed by atoms with Crippen LogP contribution in [0.3, 0.4) is 0 Å². The fourth-order valence-corrected chi connectivity index (χ4v) is 2.07. The Kier molecular flexibility index (Phi) is 3.38. The Balaban J connectivity index is 2.54. The van der Waals surface area contributed by atoms with Gasteiger partial charge in [-0.15, -0.1) is 0 Å². The molecule has 0 bridgehead atoms. The highest BCUT2D eigenvalue weighted by atomic mass is 16.5. The second kappa shape index (κ2) is 4.80. The molecule has 0 unspecified atom stereocenters. The lowest BCUT2D eigenvalue weighted by Gasteiger charge is -2.08. The normalized spacial score (nSPS) is 11.5. The van der Waals surface area contributed by atoms with Crippen LogP contribution in [-0.4, -0.2) is 16.3 Å². The minimum absolute atomic E-state index is 0.306. The van der Waals surface area contributed by atoms with Gasteiger partial charge in [-0.1, -0.05) is 0 Å². The van der Waals surface area contributed by atoms with Crippen LogP contribution >= 0.6 is 0 Å². The van der Waals surface area contributed by atoms with Crippen molar-refractivity contribution >= 4 is 10.9 Å². The van der Waals surface area contributed by atoms with Crippen molar-refractivity contribution in [1.29, 1.82) is 0 Å². The zero-order chi connectivity index (χ0) is 12.4. The highest BCUT2D eigenvalue weighted by molar-refractivity contribution is 5.85. The zero-order valence-electron chi connectivity index (χ0n) is 10.6. The summed E-state index contributed by atoms with van der Waals surface area (Å²) in [5.74, 6) is 0.306. The van der Waals surface area contributed by atoms with E-state index in [1.165, 1.54) is 5.56 Å². The van der Waals surface area contributed by atoms with Crippen molar-refractivity contribution in [3.05, 3.63) is 30.0 Å². The Labute approximate surface area is 102 Å². The number of ether oxygens (including phenoxy) is 1. The Bertz CT molecular complexity index is 514. The quantitative estimate of drug-likeness (QED) is 0.877. The monoisotopic (exact) mass is 233 g/mol. The molecular formula is C14H19NO2. The molecule has 0 atom stereocenters. The second-order valence-electron chi connectivity index (χ2n) is 4.49. The van der Waals surface area contributed by atoms with Crippen molar-refractivity contribution in [1.82, 2.24) is 4.57 Å². The summed E-state index contributed by atoms with van der Waals surface area (Å²) in [6.45, 7) is 7.60. The Morgan fingerprint density at radius 2 is 2.12 bits per heavy atom. The second-order valence-corrected chi connectivity index (χ2v) is 4.49. The van der Waals surface area contributed by atoms with Crippen LogP contribution in [0.25, 0.3) is 10.9 Å². The van der Waals surface area contributed by atoms with Crippen LogP contribution < -0.4 is 0 Å². The average molecular weight is 233 g/mol. The largest absolute Gasteiger partial charge is 0.508 e. The molecule has 0 saturated carbocycles. The molecule has 0 spiro atoms. The van der Waals surface area contributed by atoms with Gasteiger partial charge >= 0.3 is 0 Å². The minimum Gasteiger partial charge on any atom is -0.508 e. The highest BCUT2D eigenvalue weighted by Crippen LogP contribution is 2.28. The van der Waals surface area contributed by atoms with Gasteiger partial charge < -0.3 is 14.4 Å². The van der Waals surface area contributed by atoms with E-state index in [1.54, 1.807) is 6.07 Å². The number of phenolic OH excluding ortho intramolecular Hbond substituents is 1. The summed E-state index contributed by atoms with van der Waals surface area (Å²) in [7, 11) is 0. The minimum atomic E-state index is 0.306. The molecule has 0 aliphatic heterocycles. The molecule has 17 heavy (non-hydrogen) atoms. The van der Waals surface area contributed by atoms with Gasteiger partial charge in [0.15, 0.2) is 0 Å². The summed E-state index contributed by atoms with van der Waals surface area (Å²) in [4.78, 5) is 0. The van der Waals surface area contributed by atoms with Crippen molar-refractivity contribution in [3.63, 3.8) is 0 Å². The van der Waals surface area contributed by atoms with Crippen molar-refractivity contribution in [2.75, 3.05) is 6.61 Å². The van der Waals surface area contributed by atoms with Gasteiger partial charge in [0.05, 0.1) is 12.1 Å². The molecule has 0 fully saturated rings. The fraction of sp³-hybridized carbons (Fsp3) is 0.429. The molecule has 0 radical (unpaired) electrons. The summed E-state index contributed by atoms with van der Waals surface area (Å²) in [6, 6.07) is 5.86. The lowest BCUT2D eigenvalue weighted by molar-refractivity contribution is 0.135. The number of aromatic hydroxyl groups is 1. The predicted molar refractivity (Wildman–Crippen MR) is 69.3 cm³/mol. The van der Waals surface area contributed by atoms with E-state index >= 15 is 0 Å². The molecule has 0 amide bonds. The number of nitrogens with zero attached hydrogens (tertiary/aromatic N) is 1. The lowest BCUT2D eigenvalue weighted by Crippen LogP contribution is -1.98. The fourth-order valence-electron chi connectivity index (χ4n) is 2.07. The first kappa shape index (κ1) is 12.0. The third kappa shape index (κ3) is 2.29. The van der Waals surface area contributed by atoms with Gasteiger partial charge in [-0.05, 0) is 32.9 Å². The first-order valence-electron chi connectivity index (χ1n) is 6.03. The maximum absolute atomic E-state index is 9.58. The maximum Gasteiger partial charge on any atom is 0.117 e. The van der Waals surface area contributed by atoms with Crippen LogP contribution in [0.5, 0.6) is 5.75 Å².